The van der Waals surface area contributed by atoms with Gasteiger partial charge in [0.05, 0.1) is 29.0 Å². The van der Waals surface area contributed by atoms with E-state index in [1.165, 1.54) is 0 Å². The number of para-hydroxylation sites is 1. The summed E-state index contributed by atoms with van der Waals surface area (Å²) in [6, 6.07) is 7.85. The minimum atomic E-state index is -0.160. The fraction of sp³-hybridized carbons (Fsp3) is 0.579. The Morgan fingerprint density at radius 2 is 1.96 bits per heavy atom. The second-order valence-corrected chi connectivity index (χ2v) is 8.70. The van der Waals surface area contributed by atoms with Crippen molar-refractivity contribution >= 4 is 27.6 Å². The lowest BCUT2D eigenvalue weighted by Gasteiger charge is -2.45. The van der Waals surface area contributed by atoms with E-state index in [0.717, 1.165) is 28.3 Å². The van der Waals surface area contributed by atoms with Crippen molar-refractivity contribution in [1.82, 2.24) is 20.5 Å². The molecular weight excluding hydrogens is 348 g/mol. The number of thiazole rings is 1. The number of morpholine rings is 1. The highest BCUT2D eigenvalue weighted by Crippen LogP contribution is 2.22. The molecule has 2 heterocycles. The molecule has 1 aliphatic heterocycles. The van der Waals surface area contributed by atoms with Crippen LogP contribution in [0.5, 0.6) is 0 Å². The molecule has 142 valence electrons. The van der Waals surface area contributed by atoms with Crippen LogP contribution in [0.4, 0.5) is 4.79 Å². The van der Waals surface area contributed by atoms with Crippen molar-refractivity contribution in [1.29, 1.82) is 0 Å². The predicted molar refractivity (Wildman–Crippen MR) is 106 cm³/mol. The van der Waals surface area contributed by atoms with Gasteiger partial charge in [-0.05, 0) is 39.8 Å². The van der Waals surface area contributed by atoms with Crippen molar-refractivity contribution in [2.75, 3.05) is 19.6 Å². The molecule has 0 saturated carbocycles. The lowest BCUT2D eigenvalue weighted by molar-refractivity contribution is -0.0947. The number of urea groups is 1. The first-order chi connectivity index (χ1) is 12.3. The summed E-state index contributed by atoms with van der Waals surface area (Å²) in [5, 5.41) is 6.82. The summed E-state index contributed by atoms with van der Waals surface area (Å²) >= 11 is 1.61. The van der Waals surface area contributed by atoms with Crippen molar-refractivity contribution in [2.24, 2.45) is 0 Å². The van der Waals surface area contributed by atoms with Crippen molar-refractivity contribution in [3.63, 3.8) is 0 Å². The smallest absolute Gasteiger partial charge is 0.315 e. The molecule has 2 aromatic rings. The SMILES string of the molecule is C[C@@H]1CN(C(C)(C)CNC(=O)NCc2nc3ccccc3s2)C[C@H](C)O1. The van der Waals surface area contributed by atoms with Crippen LogP contribution in [0.2, 0.25) is 0 Å². The zero-order valence-corrected chi connectivity index (χ0v) is 16.7. The fourth-order valence-electron chi connectivity index (χ4n) is 3.29. The van der Waals surface area contributed by atoms with E-state index in [2.05, 4.69) is 48.2 Å². The normalized spacial score (nSPS) is 21.7. The minimum absolute atomic E-state index is 0.125. The highest BCUT2D eigenvalue weighted by Gasteiger charge is 2.33. The maximum atomic E-state index is 12.2. The zero-order chi connectivity index (χ0) is 18.7. The van der Waals surface area contributed by atoms with Gasteiger partial charge in [0, 0.05) is 25.2 Å². The summed E-state index contributed by atoms with van der Waals surface area (Å²) in [4.78, 5) is 19.1. The van der Waals surface area contributed by atoms with E-state index in [1.807, 2.05) is 24.3 Å². The van der Waals surface area contributed by atoms with E-state index in [0.29, 0.717) is 13.1 Å². The first kappa shape index (κ1) is 19.1. The van der Waals surface area contributed by atoms with Gasteiger partial charge in [-0.1, -0.05) is 12.1 Å². The third kappa shape index (κ3) is 4.72. The van der Waals surface area contributed by atoms with Gasteiger partial charge in [0.1, 0.15) is 5.01 Å². The van der Waals surface area contributed by atoms with Crippen LogP contribution < -0.4 is 10.6 Å². The molecule has 0 spiro atoms. The molecule has 1 aromatic carbocycles. The molecule has 26 heavy (non-hydrogen) atoms. The molecule has 1 saturated heterocycles. The third-order valence-corrected chi connectivity index (χ3v) is 5.73. The van der Waals surface area contributed by atoms with E-state index in [1.54, 1.807) is 11.3 Å². The number of hydrogen-bond donors (Lipinski definition) is 2. The topological polar surface area (TPSA) is 66.5 Å². The Kier molecular flexibility index (Phi) is 5.79. The van der Waals surface area contributed by atoms with Gasteiger partial charge in [-0.3, -0.25) is 4.90 Å². The lowest BCUT2D eigenvalue weighted by Crippen LogP contribution is -2.59. The first-order valence-corrected chi connectivity index (χ1v) is 9.92. The largest absolute Gasteiger partial charge is 0.373 e. The number of benzene rings is 1. The van der Waals surface area contributed by atoms with Crippen LogP contribution in [0.3, 0.4) is 0 Å². The summed E-state index contributed by atoms with van der Waals surface area (Å²) in [5.74, 6) is 0. The van der Waals surface area contributed by atoms with Crippen LogP contribution in [0.1, 0.15) is 32.7 Å². The maximum absolute atomic E-state index is 12.2. The number of nitrogens with one attached hydrogen (secondary N) is 2. The average molecular weight is 377 g/mol. The number of hydrogen-bond acceptors (Lipinski definition) is 5. The van der Waals surface area contributed by atoms with Gasteiger partial charge < -0.3 is 15.4 Å². The molecule has 7 heteroatoms. The summed E-state index contributed by atoms with van der Waals surface area (Å²) < 4.78 is 6.94. The Balaban J connectivity index is 1.48. The lowest BCUT2D eigenvalue weighted by atomic mass is 10.0. The van der Waals surface area contributed by atoms with Crippen molar-refractivity contribution in [3.05, 3.63) is 29.3 Å². The highest BCUT2D eigenvalue weighted by atomic mass is 32.1. The Morgan fingerprint density at radius 1 is 1.27 bits per heavy atom. The quantitative estimate of drug-likeness (QED) is 0.842. The van der Waals surface area contributed by atoms with Gasteiger partial charge in [-0.2, -0.15) is 0 Å². The third-order valence-electron chi connectivity index (χ3n) is 4.70. The Morgan fingerprint density at radius 3 is 2.65 bits per heavy atom. The molecule has 2 atom stereocenters. The van der Waals surface area contributed by atoms with E-state index in [-0.39, 0.29) is 23.8 Å². The molecule has 1 fully saturated rings. The Bertz CT molecular complexity index is 718. The molecule has 2 N–H and O–H groups in total. The molecule has 0 radical (unpaired) electrons. The summed E-state index contributed by atoms with van der Waals surface area (Å²) in [5.41, 5.74) is 0.853. The molecule has 0 unspecified atom stereocenters. The molecule has 1 aliphatic rings. The van der Waals surface area contributed by atoms with E-state index >= 15 is 0 Å². The molecule has 0 aliphatic carbocycles. The second kappa shape index (κ2) is 7.90. The maximum Gasteiger partial charge on any atom is 0.315 e. The number of amides is 2. The van der Waals surface area contributed by atoms with Crippen LogP contribution >= 0.6 is 11.3 Å². The fourth-order valence-corrected chi connectivity index (χ4v) is 4.20. The molecule has 2 amide bonds. The number of aromatic nitrogens is 1. The number of rotatable bonds is 5. The number of carbonyl (C=O) groups excluding carboxylic acids is 1. The first-order valence-electron chi connectivity index (χ1n) is 9.10. The van der Waals surface area contributed by atoms with Gasteiger partial charge in [-0.25, -0.2) is 9.78 Å². The predicted octanol–water partition coefficient (Wildman–Crippen LogP) is 2.98. The van der Waals surface area contributed by atoms with Crippen LogP contribution in [0, 0.1) is 0 Å². The number of ether oxygens (including phenoxy) is 1. The van der Waals surface area contributed by atoms with Gasteiger partial charge >= 0.3 is 6.03 Å². The monoisotopic (exact) mass is 376 g/mol. The van der Waals surface area contributed by atoms with Crippen molar-refractivity contribution < 1.29 is 9.53 Å². The molecule has 6 nitrogen and oxygen atoms in total. The number of carbonyl (C=O) groups is 1. The van der Waals surface area contributed by atoms with Crippen LogP contribution in [0.25, 0.3) is 10.2 Å². The van der Waals surface area contributed by atoms with Crippen LogP contribution in [-0.2, 0) is 11.3 Å². The highest BCUT2D eigenvalue weighted by molar-refractivity contribution is 7.18. The molecule has 0 bridgehead atoms. The summed E-state index contributed by atoms with van der Waals surface area (Å²) in [6.45, 7) is 11.3. The van der Waals surface area contributed by atoms with E-state index < -0.39 is 0 Å². The average Bonchev–Trinajstić information content (AvgIpc) is 3.00. The van der Waals surface area contributed by atoms with Crippen molar-refractivity contribution in [2.45, 2.75) is 52.0 Å². The minimum Gasteiger partial charge on any atom is -0.373 e. The molecule has 1 aromatic heterocycles. The van der Waals surface area contributed by atoms with Gasteiger partial charge in [0.15, 0.2) is 0 Å². The van der Waals surface area contributed by atoms with Gasteiger partial charge in [-0.15, -0.1) is 11.3 Å². The second-order valence-electron chi connectivity index (χ2n) is 7.59. The standard InChI is InChI=1S/C19H28N4O2S/c1-13-10-23(11-14(2)25-13)19(3,4)12-21-18(24)20-9-17-22-15-7-5-6-8-16(15)26-17/h5-8,13-14H,9-12H2,1-4H3,(H2,20,21,24)/t13-,14+. The zero-order valence-electron chi connectivity index (χ0n) is 15.9. The van der Waals surface area contributed by atoms with E-state index in [9.17, 15) is 4.79 Å². The van der Waals surface area contributed by atoms with Crippen molar-refractivity contribution in [3.8, 4) is 0 Å². The summed E-state index contributed by atoms with van der Waals surface area (Å²) in [6.07, 6.45) is 0.428. The summed E-state index contributed by atoms with van der Waals surface area (Å²) in [7, 11) is 0. The Hall–Kier alpha value is -1.70. The Labute approximate surface area is 158 Å². The number of fused-ring (bicyclic) bond motifs is 1. The number of nitrogens with zero attached hydrogens (tertiary/aromatic N) is 2. The molecule has 3 rings (SSSR count). The van der Waals surface area contributed by atoms with Crippen LogP contribution in [0.15, 0.2) is 24.3 Å². The molecular formula is C19H28N4O2S. The van der Waals surface area contributed by atoms with Crippen LogP contribution in [-0.4, -0.2) is 53.3 Å². The van der Waals surface area contributed by atoms with Gasteiger partial charge in [0.2, 0.25) is 0 Å². The van der Waals surface area contributed by atoms with E-state index in [4.69, 9.17) is 4.74 Å². The van der Waals surface area contributed by atoms with Gasteiger partial charge in [0.25, 0.3) is 0 Å².